The average Bonchev–Trinajstić information content (AvgIpc) is 2.27. The zero-order valence-corrected chi connectivity index (χ0v) is 9.03. The smallest absolute Gasteiger partial charge is 0.326 e. The van der Waals surface area contributed by atoms with E-state index in [-0.39, 0.29) is 5.56 Å². The monoisotopic (exact) mass is 254 g/mol. The minimum Gasteiger partial charge on any atom is -0.505 e. The second-order valence-corrected chi connectivity index (χ2v) is 3.35. The molecule has 18 heavy (non-hydrogen) atoms. The Hall–Kier alpha value is -2.64. The van der Waals surface area contributed by atoms with Gasteiger partial charge in [-0.2, -0.15) is 0 Å². The number of nitrogens with one attached hydrogen (secondary N) is 1. The molecule has 0 saturated heterocycles. The van der Waals surface area contributed by atoms with Gasteiger partial charge in [-0.05, 0) is 6.07 Å². The summed E-state index contributed by atoms with van der Waals surface area (Å²) in [5.41, 5.74) is -0.179. The number of carboxylic acids is 2. The summed E-state index contributed by atoms with van der Waals surface area (Å²) in [6, 6.07) is -0.382. The van der Waals surface area contributed by atoms with Gasteiger partial charge in [-0.1, -0.05) is 0 Å². The van der Waals surface area contributed by atoms with Crippen LogP contribution in [0.3, 0.4) is 0 Å². The average molecular weight is 254 g/mol. The molecule has 0 unspecified atom stereocenters. The number of carboxylic acid groups (broad SMARTS) is 2. The first-order chi connectivity index (χ1) is 8.41. The molecule has 0 radical (unpaired) electrons. The summed E-state index contributed by atoms with van der Waals surface area (Å²) in [5, 5.41) is 28.6. The first-order valence-electron chi connectivity index (χ1n) is 4.80. The molecule has 0 bridgehead atoms. The van der Waals surface area contributed by atoms with E-state index in [1.807, 2.05) is 5.32 Å². The third-order valence-corrected chi connectivity index (χ3v) is 2.03. The number of aromatic hydroxyl groups is 1. The third-order valence-electron chi connectivity index (χ3n) is 2.03. The van der Waals surface area contributed by atoms with Crippen molar-refractivity contribution in [2.45, 2.75) is 12.5 Å². The predicted molar refractivity (Wildman–Crippen MR) is 57.0 cm³/mol. The molecule has 1 atom stereocenters. The molecule has 0 saturated carbocycles. The quantitative estimate of drug-likeness (QED) is 0.553. The van der Waals surface area contributed by atoms with E-state index in [0.29, 0.717) is 0 Å². The first kappa shape index (κ1) is 13.4. The molecular weight excluding hydrogens is 244 g/mol. The number of aromatic nitrogens is 1. The van der Waals surface area contributed by atoms with E-state index >= 15 is 0 Å². The van der Waals surface area contributed by atoms with Crippen LogP contribution in [0.4, 0.5) is 0 Å². The fourth-order valence-corrected chi connectivity index (χ4v) is 1.19. The molecule has 0 aliphatic carbocycles. The number of aliphatic carboxylic acids is 2. The highest BCUT2D eigenvalue weighted by Crippen LogP contribution is 2.13. The Labute approximate surface area is 101 Å². The van der Waals surface area contributed by atoms with Crippen LogP contribution in [-0.2, 0) is 9.59 Å². The maximum atomic E-state index is 11.6. The Kier molecular flexibility index (Phi) is 4.19. The fourth-order valence-electron chi connectivity index (χ4n) is 1.19. The maximum absolute atomic E-state index is 11.6. The van der Waals surface area contributed by atoms with Gasteiger partial charge >= 0.3 is 11.9 Å². The summed E-state index contributed by atoms with van der Waals surface area (Å²) >= 11 is 0. The van der Waals surface area contributed by atoms with Crippen molar-refractivity contribution in [1.82, 2.24) is 10.3 Å². The Morgan fingerprint density at radius 2 is 2.00 bits per heavy atom. The summed E-state index contributed by atoms with van der Waals surface area (Å²) in [4.78, 5) is 36.3. The zero-order chi connectivity index (χ0) is 13.7. The van der Waals surface area contributed by atoms with E-state index in [1.165, 1.54) is 12.3 Å². The number of hydrogen-bond acceptors (Lipinski definition) is 5. The standard InChI is InChI=1S/C10H10N2O6/c13-7-4-11-2-1-5(7)9(16)12-6(10(17)18)3-8(14)15/h1-2,4,6,13H,3H2,(H,12,16)(H,14,15)(H,17,18)/t6-/m0/s1. The van der Waals surface area contributed by atoms with Crippen LogP contribution >= 0.6 is 0 Å². The lowest BCUT2D eigenvalue weighted by molar-refractivity contribution is -0.145. The van der Waals surface area contributed by atoms with Crippen molar-refractivity contribution in [1.29, 1.82) is 0 Å². The van der Waals surface area contributed by atoms with Gasteiger partial charge in [0.1, 0.15) is 11.8 Å². The number of carbonyl (C=O) groups is 3. The van der Waals surface area contributed by atoms with Crippen LogP contribution in [0.2, 0.25) is 0 Å². The molecule has 8 heteroatoms. The normalized spacial score (nSPS) is 11.6. The van der Waals surface area contributed by atoms with E-state index in [9.17, 15) is 19.5 Å². The molecule has 0 fully saturated rings. The largest absolute Gasteiger partial charge is 0.505 e. The van der Waals surface area contributed by atoms with Crippen LogP contribution in [0.5, 0.6) is 5.75 Å². The molecule has 1 heterocycles. The topological polar surface area (TPSA) is 137 Å². The molecular formula is C10H10N2O6. The van der Waals surface area contributed by atoms with Crippen LogP contribution in [0.1, 0.15) is 16.8 Å². The Balaban J connectivity index is 2.82. The first-order valence-corrected chi connectivity index (χ1v) is 4.80. The lowest BCUT2D eigenvalue weighted by Crippen LogP contribution is -2.42. The van der Waals surface area contributed by atoms with Crippen molar-refractivity contribution >= 4 is 17.8 Å². The third kappa shape index (κ3) is 3.44. The van der Waals surface area contributed by atoms with E-state index < -0.39 is 36.1 Å². The van der Waals surface area contributed by atoms with Gasteiger partial charge in [0.05, 0.1) is 18.2 Å². The summed E-state index contributed by atoms with van der Waals surface area (Å²) < 4.78 is 0. The summed E-state index contributed by atoms with van der Waals surface area (Å²) in [6.45, 7) is 0. The second kappa shape index (κ2) is 5.62. The highest BCUT2D eigenvalue weighted by Gasteiger charge is 2.24. The van der Waals surface area contributed by atoms with E-state index in [2.05, 4.69) is 4.98 Å². The van der Waals surface area contributed by atoms with Gasteiger partial charge in [0, 0.05) is 6.20 Å². The van der Waals surface area contributed by atoms with Crippen molar-refractivity contribution in [2.24, 2.45) is 0 Å². The number of carbonyl (C=O) groups excluding carboxylic acids is 1. The van der Waals surface area contributed by atoms with Crippen LogP contribution in [0.15, 0.2) is 18.5 Å². The molecule has 1 rings (SSSR count). The lowest BCUT2D eigenvalue weighted by atomic mass is 10.1. The Morgan fingerprint density at radius 3 is 2.50 bits per heavy atom. The molecule has 0 aromatic carbocycles. The van der Waals surface area contributed by atoms with E-state index in [4.69, 9.17) is 10.2 Å². The molecule has 1 aromatic rings. The van der Waals surface area contributed by atoms with Crippen molar-refractivity contribution in [3.63, 3.8) is 0 Å². The number of pyridine rings is 1. The van der Waals surface area contributed by atoms with Gasteiger partial charge < -0.3 is 20.6 Å². The molecule has 0 spiro atoms. The molecule has 1 amide bonds. The number of hydrogen-bond donors (Lipinski definition) is 4. The van der Waals surface area contributed by atoms with Crippen molar-refractivity contribution in [3.8, 4) is 5.75 Å². The number of amides is 1. The lowest BCUT2D eigenvalue weighted by Gasteiger charge is -2.12. The molecule has 8 nitrogen and oxygen atoms in total. The SMILES string of the molecule is O=C(O)C[C@H](NC(=O)c1ccncc1O)C(=O)O. The molecule has 0 aliphatic rings. The van der Waals surface area contributed by atoms with Gasteiger partial charge in [-0.3, -0.25) is 14.6 Å². The van der Waals surface area contributed by atoms with Crippen molar-refractivity contribution in [2.75, 3.05) is 0 Å². The van der Waals surface area contributed by atoms with Gasteiger partial charge in [0.15, 0.2) is 0 Å². The highest BCUT2D eigenvalue weighted by atomic mass is 16.4. The number of nitrogens with zero attached hydrogens (tertiary/aromatic N) is 1. The molecule has 96 valence electrons. The van der Waals surface area contributed by atoms with Gasteiger partial charge in [-0.15, -0.1) is 0 Å². The summed E-state index contributed by atoms with van der Waals surface area (Å²) in [6.07, 6.45) is 1.50. The van der Waals surface area contributed by atoms with Gasteiger partial charge in [0.2, 0.25) is 0 Å². The molecule has 0 aliphatic heterocycles. The van der Waals surface area contributed by atoms with Crippen LogP contribution in [0.25, 0.3) is 0 Å². The maximum Gasteiger partial charge on any atom is 0.326 e. The van der Waals surface area contributed by atoms with Crippen LogP contribution in [0, 0.1) is 0 Å². The Morgan fingerprint density at radius 1 is 1.33 bits per heavy atom. The highest BCUT2D eigenvalue weighted by molar-refractivity contribution is 5.99. The van der Waals surface area contributed by atoms with Gasteiger partial charge in [-0.25, -0.2) is 4.79 Å². The minimum absolute atomic E-state index is 0.179. The van der Waals surface area contributed by atoms with Crippen molar-refractivity contribution < 1.29 is 29.7 Å². The second-order valence-electron chi connectivity index (χ2n) is 3.35. The van der Waals surface area contributed by atoms with E-state index in [1.54, 1.807) is 0 Å². The number of rotatable bonds is 5. The molecule has 4 N–H and O–H groups in total. The van der Waals surface area contributed by atoms with Crippen LogP contribution < -0.4 is 5.32 Å². The van der Waals surface area contributed by atoms with Crippen LogP contribution in [-0.4, -0.2) is 44.2 Å². The predicted octanol–water partition coefficient (Wildman–Crippen LogP) is -0.555. The summed E-state index contributed by atoms with van der Waals surface area (Å²) in [5.74, 6) is -4.14. The Bertz CT molecular complexity index is 487. The minimum atomic E-state index is -1.57. The zero-order valence-electron chi connectivity index (χ0n) is 9.03. The van der Waals surface area contributed by atoms with Crippen molar-refractivity contribution in [3.05, 3.63) is 24.0 Å². The van der Waals surface area contributed by atoms with E-state index in [0.717, 1.165) is 6.20 Å². The van der Waals surface area contributed by atoms with Gasteiger partial charge in [0.25, 0.3) is 5.91 Å². The summed E-state index contributed by atoms with van der Waals surface area (Å²) in [7, 11) is 0. The fraction of sp³-hybridized carbons (Fsp3) is 0.200. The molecule has 1 aromatic heterocycles.